The van der Waals surface area contributed by atoms with Crippen LogP contribution in [0.5, 0.6) is 0 Å². The molecule has 0 bridgehead atoms. The fourth-order valence-corrected chi connectivity index (χ4v) is 1.95. The minimum absolute atomic E-state index is 0.397. The molecule has 13 heavy (non-hydrogen) atoms. The molecule has 0 heterocycles. The van der Waals surface area contributed by atoms with Crippen LogP contribution >= 0.6 is 0 Å². The molecule has 1 aliphatic rings. The van der Waals surface area contributed by atoms with E-state index in [1.54, 1.807) is 0 Å². The monoisotopic (exact) mass is 183 g/mol. The van der Waals surface area contributed by atoms with E-state index in [1.165, 1.54) is 0 Å². The Bertz CT molecular complexity index is 210. The maximum atomic E-state index is 10.8. The molecule has 0 spiro atoms. The molecule has 0 aromatic heterocycles. The first-order valence-corrected chi connectivity index (χ1v) is 4.51. The molecule has 1 rings (SSSR count). The quantitative estimate of drug-likeness (QED) is 0.493. The second kappa shape index (κ2) is 3.77. The van der Waals surface area contributed by atoms with Crippen LogP contribution in [0, 0.1) is 11.3 Å². The normalized spacial score (nSPS) is 31.9. The van der Waals surface area contributed by atoms with Crippen molar-refractivity contribution in [3.05, 3.63) is 0 Å². The van der Waals surface area contributed by atoms with E-state index in [4.69, 9.17) is 5.73 Å². The first-order valence-electron chi connectivity index (χ1n) is 4.51. The topological polar surface area (TPSA) is 70.0 Å². The summed E-state index contributed by atoms with van der Waals surface area (Å²) in [5, 5.41) is 2.59. The van der Waals surface area contributed by atoms with E-state index in [1.807, 2.05) is 6.92 Å². The minimum Gasteiger partial charge on any atom is -0.359 e. The number of carbonyl (C=O) groups excluding carboxylic acids is 2. The third-order valence-electron chi connectivity index (χ3n) is 2.81. The van der Waals surface area contributed by atoms with Crippen LogP contribution in [0.1, 0.15) is 26.2 Å². The number of nitrogens with one attached hydrogen (secondary N) is 2. The number of amides is 2. The van der Waals surface area contributed by atoms with Crippen molar-refractivity contribution in [1.29, 1.82) is 0 Å². The van der Waals surface area contributed by atoms with Crippen LogP contribution in [0.4, 0.5) is 0 Å². The molecule has 0 unspecified atom stereocenters. The van der Waals surface area contributed by atoms with Crippen LogP contribution in [-0.2, 0) is 9.59 Å². The van der Waals surface area contributed by atoms with E-state index < -0.39 is 11.3 Å². The minimum atomic E-state index is -0.452. The van der Waals surface area contributed by atoms with Crippen LogP contribution in [0.3, 0.4) is 0 Å². The van der Waals surface area contributed by atoms with E-state index >= 15 is 0 Å². The summed E-state index contributed by atoms with van der Waals surface area (Å²) >= 11 is 0. The van der Waals surface area contributed by atoms with Crippen molar-refractivity contribution >= 4 is 12.3 Å². The maximum absolute atomic E-state index is 10.8. The zero-order valence-corrected chi connectivity index (χ0v) is 7.80. The molecule has 0 aromatic carbocycles. The van der Waals surface area contributed by atoms with Gasteiger partial charge in [-0.15, -0.1) is 0 Å². The Morgan fingerprint density at radius 1 is 1.69 bits per heavy atom. The van der Waals surface area contributed by atoms with Gasteiger partial charge < -0.3 is 5.32 Å². The lowest BCUT2D eigenvalue weighted by Crippen LogP contribution is -2.42. The second-order valence-electron chi connectivity index (χ2n) is 4.02. The Hall–Kier alpha value is -1.06. The van der Waals surface area contributed by atoms with E-state index in [0.717, 1.165) is 19.3 Å². The highest BCUT2D eigenvalue weighted by molar-refractivity contribution is 5.80. The van der Waals surface area contributed by atoms with E-state index in [9.17, 15) is 9.59 Å². The summed E-state index contributed by atoms with van der Waals surface area (Å²) in [5.74, 6) is 0.0545. The van der Waals surface area contributed by atoms with Crippen LogP contribution in [-0.4, -0.2) is 18.9 Å². The summed E-state index contributed by atoms with van der Waals surface area (Å²) in [7, 11) is 0. The zero-order valence-electron chi connectivity index (χ0n) is 7.80. The lowest BCUT2D eigenvalue weighted by Gasteiger charge is -2.42. The Kier molecular flexibility index (Phi) is 2.90. The zero-order chi connectivity index (χ0) is 9.90. The summed E-state index contributed by atoms with van der Waals surface area (Å²) in [6, 6.07) is 0. The molecule has 73 valence electrons. The molecule has 0 saturated heterocycles. The summed E-state index contributed by atoms with van der Waals surface area (Å²) < 4.78 is 0. The summed E-state index contributed by atoms with van der Waals surface area (Å²) in [6.45, 7) is 2.52. The number of rotatable bonds is 5. The average molecular weight is 183 g/mol. The van der Waals surface area contributed by atoms with Gasteiger partial charge in [-0.3, -0.25) is 15.3 Å². The van der Waals surface area contributed by atoms with Gasteiger partial charge in [0, 0.05) is 12.0 Å². The fourth-order valence-electron chi connectivity index (χ4n) is 1.95. The highest BCUT2D eigenvalue weighted by Gasteiger charge is 2.44. The number of hydrogen-bond donors (Lipinski definition) is 1. The number of carbonyl (C=O) groups is 2. The van der Waals surface area contributed by atoms with Gasteiger partial charge in [-0.25, -0.2) is 0 Å². The predicted molar refractivity (Wildman–Crippen MR) is 47.6 cm³/mol. The second-order valence-corrected chi connectivity index (χ2v) is 4.02. The Labute approximate surface area is 77.9 Å². The Morgan fingerprint density at radius 2 is 2.31 bits per heavy atom. The largest absolute Gasteiger partial charge is 0.359 e. The lowest BCUT2D eigenvalue weighted by atomic mass is 9.62. The van der Waals surface area contributed by atoms with Gasteiger partial charge in [-0.1, -0.05) is 6.92 Å². The van der Waals surface area contributed by atoms with Crippen molar-refractivity contribution in [3.63, 3.8) is 0 Å². The molecule has 0 atom stereocenters. The molecule has 4 heteroatoms. The maximum Gasteiger partial charge on any atom is 0.244 e. The van der Waals surface area contributed by atoms with Gasteiger partial charge in [0.25, 0.3) is 0 Å². The van der Waals surface area contributed by atoms with Gasteiger partial charge in [-0.05, 0) is 25.2 Å². The highest BCUT2D eigenvalue weighted by atomic mass is 16.1. The summed E-state index contributed by atoms with van der Waals surface area (Å²) in [5.41, 5.74) is 6.63. The predicted octanol–water partition coefficient (Wildman–Crippen LogP) is 0.348. The van der Waals surface area contributed by atoms with Gasteiger partial charge in [0.05, 0.1) is 0 Å². The SMILES string of the molecule is CC1(C([NH])=O)CC(CCNC=O)C1. The molecule has 2 N–H and O–H groups in total. The molecule has 4 nitrogen and oxygen atoms in total. The molecule has 0 aromatic rings. The van der Waals surface area contributed by atoms with Crippen molar-refractivity contribution in [2.24, 2.45) is 11.3 Å². The smallest absolute Gasteiger partial charge is 0.244 e. The van der Waals surface area contributed by atoms with Gasteiger partial charge >= 0.3 is 0 Å². The first-order chi connectivity index (χ1) is 6.08. The molecule has 0 aliphatic heterocycles. The van der Waals surface area contributed by atoms with Crippen molar-refractivity contribution in [2.75, 3.05) is 6.54 Å². The van der Waals surface area contributed by atoms with Crippen LogP contribution in [0.25, 0.3) is 0 Å². The molecule has 1 radical (unpaired) electrons. The highest BCUT2D eigenvalue weighted by Crippen LogP contribution is 2.46. The average Bonchev–Trinajstić information content (AvgIpc) is 2.01. The van der Waals surface area contributed by atoms with Crippen molar-refractivity contribution in [1.82, 2.24) is 11.1 Å². The van der Waals surface area contributed by atoms with Crippen LogP contribution in [0.15, 0.2) is 0 Å². The molecular formula is C9H15N2O2. The van der Waals surface area contributed by atoms with Crippen LogP contribution in [0.2, 0.25) is 0 Å². The summed E-state index contributed by atoms with van der Waals surface area (Å²) in [6.07, 6.45) is 3.21. The van der Waals surface area contributed by atoms with Gasteiger partial charge in [0.2, 0.25) is 12.3 Å². The molecule has 2 amide bonds. The Morgan fingerprint density at radius 3 is 2.77 bits per heavy atom. The molecule has 1 aliphatic carbocycles. The van der Waals surface area contributed by atoms with E-state index in [2.05, 4.69) is 5.32 Å². The fraction of sp³-hybridized carbons (Fsp3) is 0.778. The van der Waals surface area contributed by atoms with Gasteiger partial charge in [-0.2, -0.15) is 0 Å². The molecular weight excluding hydrogens is 168 g/mol. The third kappa shape index (κ3) is 2.20. The molecule has 1 fully saturated rings. The summed E-state index contributed by atoms with van der Waals surface area (Å²) in [4.78, 5) is 20.8. The van der Waals surface area contributed by atoms with E-state index in [-0.39, 0.29) is 0 Å². The van der Waals surface area contributed by atoms with Crippen molar-refractivity contribution in [3.8, 4) is 0 Å². The van der Waals surface area contributed by atoms with E-state index in [0.29, 0.717) is 18.9 Å². The van der Waals surface area contributed by atoms with Gasteiger partial charge in [0.15, 0.2) is 0 Å². The van der Waals surface area contributed by atoms with Crippen molar-refractivity contribution < 1.29 is 9.59 Å². The first kappa shape index (κ1) is 10.0. The van der Waals surface area contributed by atoms with Crippen LogP contribution < -0.4 is 11.1 Å². The lowest BCUT2D eigenvalue weighted by molar-refractivity contribution is -0.135. The third-order valence-corrected chi connectivity index (χ3v) is 2.81. The van der Waals surface area contributed by atoms with Crippen molar-refractivity contribution in [2.45, 2.75) is 26.2 Å². The standard InChI is InChI=1S/C9H15N2O2/c1-9(8(10)13)4-7(5-9)2-3-11-6-12/h6-7,10H,2-5H2,1H3,(H,11,12). The van der Waals surface area contributed by atoms with Gasteiger partial charge in [0.1, 0.15) is 0 Å². The number of hydrogen-bond acceptors (Lipinski definition) is 2. The Balaban J connectivity index is 2.17. The molecule has 1 saturated carbocycles.